The third kappa shape index (κ3) is 4.04. The van der Waals surface area contributed by atoms with Crippen molar-refractivity contribution in [1.82, 2.24) is 19.8 Å². The fourth-order valence-electron chi connectivity index (χ4n) is 2.95. The van der Waals surface area contributed by atoms with Crippen molar-refractivity contribution in [1.29, 1.82) is 0 Å². The number of imidazole rings is 1. The number of aromatic nitrogens is 2. The molecule has 0 saturated carbocycles. The lowest BCUT2D eigenvalue weighted by Crippen LogP contribution is -2.47. The molecule has 7 nitrogen and oxygen atoms in total. The molecule has 0 radical (unpaired) electrons. The van der Waals surface area contributed by atoms with Crippen LogP contribution in [0.4, 0.5) is 0 Å². The number of hydrogen-bond donors (Lipinski definition) is 1. The highest BCUT2D eigenvalue weighted by molar-refractivity contribution is 5.76. The largest absolute Gasteiger partial charge is 0.497 e. The number of rotatable bonds is 6. The van der Waals surface area contributed by atoms with E-state index in [1.807, 2.05) is 25.1 Å². The molecular weight excluding hydrogens is 308 g/mol. The molecule has 1 N–H and O–H groups in total. The fourth-order valence-corrected chi connectivity index (χ4v) is 2.95. The van der Waals surface area contributed by atoms with Crippen LogP contribution < -0.4 is 4.74 Å². The van der Waals surface area contributed by atoms with E-state index >= 15 is 0 Å². The van der Waals surface area contributed by atoms with Crippen LogP contribution in [0.15, 0.2) is 18.2 Å². The van der Waals surface area contributed by atoms with E-state index in [1.165, 1.54) is 0 Å². The van der Waals surface area contributed by atoms with E-state index in [-0.39, 0.29) is 5.97 Å². The number of fused-ring (bicyclic) bond motifs is 1. The van der Waals surface area contributed by atoms with Gasteiger partial charge in [0.25, 0.3) is 0 Å². The smallest absolute Gasteiger partial charge is 0.320 e. The number of ether oxygens (including phenoxy) is 2. The van der Waals surface area contributed by atoms with E-state index in [0.29, 0.717) is 13.2 Å². The maximum atomic E-state index is 11.5. The molecule has 0 unspecified atom stereocenters. The molecule has 7 heteroatoms. The number of esters is 1. The average Bonchev–Trinajstić information content (AvgIpc) is 2.98. The third-order valence-electron chi connectivity index (χ3n) is 4.23. The second kappa shape index (κ2) is 7.63. The van der Waals surface area contributed by atoms with Crippen LogP contribution in [0.25, 0.3) is 11.0 Å². The summed E-state index contributed by atoms with van der Waals surface area (Å²) in [6, 6.07) is 5.84. The normalized spacial score (nSPS) is 16.4. The van der Waals surface area contributed by atoms with E-state index in [4.69, 9.17) is 9.47 Å². The van der Waals surface area contributed by atoms with Gasteiger partial charge in [0.1, 0.15) is 11.6 Å². The number of nitrogens with zero attached hydrogens (tertiary/aromatic N) is 3. The van der Waals surface area contributed by atoms with E-state index in [2.05, 4.69) is 19.8 Å². The molecule has 2 aromatic rings. The lowest BCUT2D eigenvalue weighted by atomic mass is 10.3. The number of methoxy groups -OCH3 is 1. The molecule has 0 aliphatic carbocycles. The minimum Gasteiger partial charge on any atom is -0.497 e. The molecule has 1 aliphatic heterocycles. The van der Waals surface area contributed by atoms with Gasteiger partial charge in [-0.05, 0) is 19.1 Å². The first-order valence-corrected chi connectivity index (χ1v) is 8.31. The predicted octanol–water partition coefficient (Wildman–Crippen LogP) is 1.25. The van der Waals surface area contributed by atoms with Crippen LogP contribution in [0.1, 0.15) is 12.7 Å². The van der Waals surface area contributed by atoms with Crippen molar-refractivity contribution in [2.75, 3.05) is 46.4 Å². The van der Waals surface area contributed by atoms with Crippen molar-refractivity contribution in [2.45, 2.75) is 13.5 Å². The Balaban J connectivity index is 1.53. The molecule has 0 bridgehead atoms. The number of carbonyl (C=O) groups excluding carboxylic acids is 1. The summed E-state index contributed by atoms with van der Waals surface area (Å²) in [5.41, 5.74) is 1.94. The summed E-state index contributed by atoms with van der Waals surface area (Å²) in [7, 11) is 1.66. The molecule has 2 heterocycles. The molecule has 130 valence electrons. The van der Waals surface area contributed by atoms with Crippen LogP contribution in [0.2, 0.25) is 0 Å². The number of H-pyrrole nitrogens is 1. The SMILES string of the molecule is CCOC(=O)CN1CCN(Cc2nc3ccc(OC)cc3[nH]2)CC1. The summed E-state index contributed by atoms with van der Waals surface area (Å²) in [4.78, 5) is 24.0. The van der Waals surface area contributed by atoms with Crippen LogP contribution >= 0.6 is 0 Å². The van der Waals surface area contributed by atoms with Gasteiger partial charge in [-0.15, -0.1) is 0 Å². The average molecular weight is 332 g/mol. The lowest BCUT2D eigenvalue weighted by Gasteiger charge is -2.33. The predicted molar refractivity (Wildman–Crippen MR) is 91.0 cm³/mol. The molecule has 1 saturated heterocycles. The first kappa shape index (κ1) is 16.7. The highest BCUT2D eigenvalue weighted by atomic mass is 16.5. The van der Waals surface area contributed by atoms with Crippen molar-refractivity contribution < 1.29 is 14.3 Å². The van der Waals surface area contributed by atoms with E-state index < -0.39 is 0 Å². The number of piperazine rings is 1. The van der Waals surface area contributed by atoms with Crippen molar-refractivity contribution in [3.05, 3.63) is 24.0 Å². The van der Waals surface area contributed by atoms with Crippen molar-refractivity contribution in [3.8, 4) is 5.75 Å². The van der Waals surface area contributed by atoms with Gasteiger partial charge in [0, 0.05) is 32.2 Å². The van der Waals surface area contributed by atoms with Gasteiger partial charge in [-0.1, -0.05) is 0 Å². The Morgan fingerprint density at radius 1 is 1.25 bits per heavy atom. The Morgan fingerprint density at radius 3 is 2.71 bits per heavy atom. The topological polar surface area (TPSA) is 70.7 Å². The Hall–Kier alpha value is -2.12. The van der Waals surface area contributed by atoms with Crippen LogP contribution in [0.3, 0.4) is 0 Å². The van der Waals surface area contributed by atoms with Gasteiger partial charge in [-0.3, -0.25) is 14.6 Å². The van der Waals surface area contributed by atoms with E-state index in [9.17, 15) is 4.79 Å². The first-order chi connectivity index (χ1) is 11.7. The molecular formula is C17H24N4O3. The standard InChI is InChI=1S/C17H24N4O3/c1-3-24-17(22)12-21-8-6-20(7-9-21)11-16-18-14-5-4-13(23-2)10-15(14)19-16/h4-5,10H,3,6-9,11-12H2,1-2H3,(H,18,19). The molecule has 1 aromatic carbocycles. The zero-order valence-corrected chi connectivity index (χ0v) is 14.2. The van der Waals surface area contributed by atoms with Gasteiger partial charge < -0.3 is 14.5 Å². The van der Waals surface area contributed by atoms with E-state index in [1.54, 1.807) is 7.11 Å². The van der Waals surface area contributed by atoms with Gasteiger partial charge in [-0.25, -0.2) is 4.98 Å². The minimum absolute atomic E-state index is 0.141. The quantitative estimate of drug-likeness (QED) is 0.803. The first-order valence-electron chi connectivity index (χ1n) is 8.31. The fraction of sp³-hybridized carbons (Fsp3) is 0.529. The summed E-state index contributed by atoms with van der Waals surface area (Å²) >= 11 is 0. The number of aromatic amines is 1. The second-order valence-corrected chi connectivity index (χ2v) is 5.92. The van der Waals surface area contributed by atoms with Crippen molar-refractivity contribution in [3.63, 3.8) is 0 Å². The molecule has 1 aliphatic rings. The zero-order valence-electron chi connectivity index (χ0n) is 14.2. The molecule has 0 atom stereocenters. The zero-order chi connectivity index (χ0) is 16.9. The minimum atomic E-state index is -0.141. The Bertz CT molecular complexity index is 692. The number of nitrogens with one attached hydrogen (secondary N) is 1. The van der Waals surface area contributed by atoms with Crippen LogP contribution in [0, 0.1) is 0 Å². The Morgan fingerprint density at radius 2 is 2.00 bits per heavy atom. The van der Waals surface area contributed by atoms with Crippen molar-refractivity contribution >= 4 is 17.0 Å². The van der Waals surface area contributed by atoms with Gasteiger partial charge in [-0.2, -0.15) is 0 Å². The van der Waals surface area contributed by atoms with Gasteiger partial charge >= 0.3 is 5.97 Å². The highest BCUT2D eigenvalue weighted by Gasteiger charge is 2.20. The molecule has 1 fully saturated rings. The summed E-state index contributed by atoms with van der Waals surface area (Å²) in [5.74, 6) is 1.64. The Kier molecular flexibility index (Phi) is 5.32. The summed E-state index contributed by atoms with van der Waals surface area (Å²) < 4.78 is 10.2. The van der Waals surface area contributed by atoms with Gasteiger partial charge in [0.2, 0.25) is 0 Å². The monoisotopic (exact) mass is 332 g/mol. The number of carbonyl (C=O) groups is 1. The molecule has 1 aromatic heterocycles. The number of benzene rings is 1. The van der Waals surface area contributed by atoms with Gasteiger partial charge in [0.05, 0.1) is 37.8 Å². The van der Waals surface area contributed by atoms with E-state index in [0.717, 1.165) is 55.3 Å². The van der Waals surface area contributed by atoms with Gasteiger partial charge in [0.15, 0.2) is 0 Å². The maximum Gasteiger partial charge on any atom is 0.320 e. The molecule has 0 spiro atoms. The maximum absolute atomic E-state index is 11.5. The molecule has 24 heavy (non-hydrogen) atoms. The molecule has 0 amide bonds. The lowest BCUT2D eigenvalue weighted by molar-refractivity contribution is -0.144. The third-order valence-corrected chi connectivity index (χ3v) is 4.23. The Labute approximate surface area is 141 Å². The number of hydrogen-bond acceptors (Lipinski definition) is 6. The van der Waals surface area contributed by atoms with Crippen LogP contribution in [-0.4, -0.2) is 72.2 Å². The summed E-state index contributed by atoms with van der Waals surface area (Å²) in [5, 5.41) is 0. The van der Waals surface area contributed by atoms with Crippen molar-refractivity contribution in [2.24, 2.45) is 0 Å². The van der Waals surface area contributed by atoms with Crippen LogP contribution in [-0.2, 0) is 16.1 Å². The highest BCUT2D eigenvalue weighted by Crippen LogP contribution is 2.19. The second-order valence-electron chi connectivity index (χ2n) is 5.92. The molecule has 3 rings (SSSR count). The summed E-state index contributed by atoms with van der Waals surface area (Å²) in [6.07, 6.45) is 0. The van der Waals surface area contributed by atoms with Crippen LogP contribution in [0.5, 0.6) is 5.75 Å². The summed E-state index contributed by atoms with van der Waals surface area (Å²) in [6.45, 7) is 7.00.